The Hall–Kier alpha value is -1.83. The highest BCUT2D eigenvalue weighted by Crippen LogP contribution is 2.35. The van der Waals surface area contributed by atoms with Gasteiger partial charge in [0, 0.05) is 6.07 Å². The second-order valence-electron chi connectivity index (χ2n) is 3.96. The molecule has 2 rings (SSSR count). The summed E-state index contributed by atoms with van der Waals surface area (Å²) in [6.45, 7) is 0. The van der Waals surface area contributed by atoms with E-state index >= 15 is 0 Å². The van der Waals surface area contributed by atoms with Crippen LogP contribution in [0.3, 0.4) is 0 Å². The summed E-state index contributed by atoms with van der Waals surface area (Å²) in [5.41, 5.74) is -0.734. The van der Waals surface area contributed by atoms with Crippen molar-refractivity contribution in [3.05, 3.63) is 62.6 Å². The molecule has 0 atom stereocenters. The molecule has 0 heterocycles. The molecule has 0 aromatic heterocycles. The molecule has 0 aliphatic rings. The van der Waals surface area contributed by atoms with Gasteiger partial charge in [0.2, 0.25) is 0 Å². The quantitative estimate of drug-likeness (QED) is 0.674. The Morgan fingerprint density at radius 2 is 1.62 bits per heavy atom. The van der Waals surface area contributed by atoms with Crippen LogP contribution in [0, 0.1) is 10.1 Å². The highest BCUT2D eigenvalue weighted by molar-refractivity contribution is 7.92. The Labute approximate surface area is 130 Å². The van der Waals surface area contributed by atoms with Gasteiger partial charge in [-0.3, -0.25) is 14.8 Å². The van der Waals surface area contributed by atoms with Crippen LogP contribution in [0.4, 0.5) is 11.4 Å². The molecule has 6 nitrogen and oxygen atoms in total. The Balaban J connectivity index is 2.49. The lowest BCUT2D eigenvalue weighted by Gasteiger charge is -2.09. The van der Waals surface area contributed by atoms with Crippen molar-refractivity contribution in [2.24, 2.45) is 0 Å². The molecule has 1 N–H and O–H groups in total. The maximum Gasteiger partial charge on any atom is 0.294 e. The molecular weight excluding hydrogens is 339 g/mol. The van der Waals surface area contributed by atoms with Crippen molar-refractivity contribution >= 4 is 44.6 Å². The highest BCUT2D eigenvalue weighted by Gasteiger charge is 2.22. The summed E-state index contributed by atoms with van der Waals surface area (Å²) in [5.74, 6) is 0. The Morgan fingerprint density at radius 3 is 2.19 bits per heavy atom. The average Bonchev–Trinajstić information content (AvgIpc) is 2.43. The minimum Gasteiger partial charge on any atom is -0.273 e. The largest absolute Gasteiger partial charge is 0.294 e. The van der Waals surface area contributed by atoms with Crippen LogP contribution in [0.2, 0.25) is 10.0 Å². The van der Waals surface area contributed by atoms with Crippen LogP contribution in [0.5, 0.6) is 0 Å². The predicted octanol–water partition coefficient (Wildman–Crippen LogP) is 3.70. The lowest BCUT2D eigenvalue weighted by molar-refractivity contribution is -0.383. The van der Waals surface area contributed by atoms with Crippen LogP contribution in [-0.2, 0) is 10.0 Å². The summed E-state index contributed by atoms with van der Waals surface area (Å²) in [6, 6.07) is 9.56. The Morgan fingerprint density at radius 1 is 1.05 bits per heavy atom. The van der Waals surface area contributed by atoms with Gasteiger partial charge in [-0.25, -0.2) is 8.42 Å². The molecule has 0 saturated heterocycles. The Kier molecular flexibility index (Phi) is 4.36. The summed E-state index contributed by atoms with van der Waals surface area (Å²) in [5, 5.41) is 10.9. The molecule has 0 saturated carbocycles. The molecular formula is C12H8Cl2N2O4S. The summed E-state index contributed by atoms with van der Waals surface area (Å²) in [4.78, 5) is 10.2. The predicted molar refractivity (Wildman–Crippen MR) is 80.4 cm³/mol. The fraction of sp³-hybridized carbons (Fsp3) is 0. The number of anilines is 1. The summed E-state index contributed by atoms with van der Waals surface area (Å²) in [7, 11) is -3.96. The Bertz CT molecular complexity index is 794. The van der Waals surface area contributed by atoms with Gasteiger partial charge >= 0.3 is 0 Å². The van der Waals surface area contributed by atoms with Gasteiger partial charge in [-0.2, -0.15) is 0 Å². The van der Waals surface area contributed by atoms with Crippen LogP contribution in [-0.4, -0.2) is 13.3 Å². The fourth-order valence-corrected chi connectivity index (χ4v) is 2.98. The van der Waals surface area contributed by atoms with Crippen molar-refractivity contribution in [2.75, 3.05) is 4.72 Å². The first-order valence-corrected chi connectivity index (χ1v) is 7.76. The summed E-state index contributed by atoms with van der Waals surface area (Å²) in [6.07, 6.45) is 0. The van der Waals surface area contributed by atoms with Crippen LogP contribution in [0.15, 0.2) is 47.4 Å². The van der Waals surface area contributed by atoms with Crippen molar-refractivity contribution in [2.45, 2.75) is 4.90 Å². The highest BCUT2D eigenvalue weighted by atomic mass is 35.5. The number of nitrogens with zero attached hydrogens (tertiary/aromatic N) is 1. The zero-order valence-electron chi connectivity index (χ0n) is 10.3. The normalized spacial score (nSPS) is 11.1. The van der Waals surface area contributed by atoms with E-state index in [-0.39, 0.29) is 20.6 Å². The molecule has 0 unspecified atom stereocenters. The molecule has 110 valence electrons. The van der Waals surface area contributed by atoms with E-state index in [1.807, 2.05) is 0 Å². The maximum absolute atomic E-state index is 12.2. The molecule has 2 aromatic carbocycles. The van der Waals surface area contributed by atoms with Gasteiger partial charge in [0.05, 0.1) is 19.9 Å². The SMILES string of the molecule is O=[N+]([O-])c1cc(Cl)c(Cl)cc1NS(=O)(=O)c1ccccc1. The second-order valence-corrected chi connectivity index (χ2v) is 6.46. The first kappa shape index (κ1) is 15.6. The first-order chi connectivity index (χ1) is 9.81. The zero-order chi connectivity index (χ0) is 15.6. The molecule has 0 radical (unpaired) electrons. The monoisotopic (exact) mass is 346 g/mol. The summed E-state index contributed by atoms with van der Waals surface area (Å²) < 4.78 is 26.5. The van der Waals surface area contributed by atoms with Crippen LogP contribution in [0.1, 0.15) is 0 Å². The molecule has 0 spiro atoms. The van der Waals surface area contributed by atoms with Crippen molar-refractivity contribution in [3.63, 3.8) is 0 Å². The fourth-order valence-electron chi connectivity index (χ4n) is 1.57. The lowest BCUT2D eigenvalue weighted by Crippen LogP contribution is -2.14. The zero-order valence-corrected chi connectivity index (χ0v) is 12.6. The standard InChI is InChI=1S/C12H8Cl2N2O4S/c13-9-6-11(12(16(17)18)7-10(9)14)15-21(19,20)8-4-2-1-3-5-8/h1-7,15H. The third kappa shape index (κ3) is 3.44. The number of nitro groups is 1. The molecule has 0 aliphatic heterocycles. The number of sulfonamides is 1. The molecule has 0 fully saturated rings. The van der Waals surface area contributed by atoms with Gasteiger partial charge in [-0.1, -0.05) is 41.4 Å². The van der Waals surface area contributed by atoms with E-state index in [2.05, 4.69) is 4.72 Å². The minimum atomic E-state index is -3.96. The molecule has 0 aliphatic carbocycles. The number of nitro benzene ring substituents is 1. The minimum absolute atomic E-state index is 0.00743. The van der Waals surface area contributed by atoms with Crippen molar-refractivity contribution in [1.29, 1.82) is 0 Å². The number of halogens is 2. The molecule has 0 bridgehead atoms. The van der Waals surface area contributed by atoms with E-state index in [1.165, 1.54) is 24.3 Å². The van der Waals surface area contributed by atoms with E-state index in [0.717, 1.165) is 12.1 Å². The molecule has 9 heteroatoms. The van der Waals surface area contributed by atoms with Gasteiger partial charge in [-0.05, 0) is 18.2 Å². The van der Waals surface area contributed by atoms with Crippen molar-refractivity contribution < 1.29 is 13.3 Å². The van der Waals surface area contributed by atoms with Crippen molar-refractivity contribution in [3.8, 4) is 0 Å². The van der Waals surface area contributed by atoms with Gasteiger partial charge in [-0.15, -0.1) is 0 Å². The smallest absolute Gasteiger partial charge is 0.273 e. The molecule has 2 aromatic rings. The topological polar surface area (TPSA) is 89.3 Å². The van der Waals surface area contributed by atoms with Gasteiger partial charge in [0.25, 0.3) is 15.7 Å². The van der Waals surface area contributed by atoms with E-state index in [9.17, 15) is 18.5 Å². The van der Waals surface area contributed by atoms with Gasteiger partial charge in [0.1, 0.15) is 5.69 Å². The number of nitrogens with one attached hydrogen (secondary N) is 1. The lowest BCUT2D eigenvalue weighted by atomic mass is 10.3. The van der Waals surface area contributed by atoms with Crippen molar-refractivity contribution in [1.82, 2.24) is 0 Å². The van der Waals surface area contributed by atoms with E-state index in [4.69, 9.17) is 23.2 Å². The third-order valence-electron chi connectivity index (χ3n) is 2.53. The number of rotatable bonds is 4. The van der Waals surface area contributed by atoms with E-state index in [1.54, 1.807) is 6.07 Å². The number of benzene rings is 2. The second kappa shape index (κ2) is 5.88. The van der Waals surface area contributed by atoms with Crippen LogP contribution in [0.25, 0.3) is 0 Å². The number of hydrogen-bond donors (Lipinski definition) is 1. The third-order valence-corrected chi connectivity index (χ3v) is 4.64. The van der Waals surface area contributed by atoms with Gasteiger partial charge in [0.15, 0.2) is 0 Å². The average molecular weight is 347 g/mol. The number of hydrogen-bond acceptors (Lipinski definition) is 4. The molecule has 0 amide bonds. The first-order valence-electron chi connectivity index (χ1n) is 5.52. The maximum atomic E-state index is 12.2. The van der Waals surface area contributed by atoms with Crippen LogP contribution < -0.4 is 4.72 Å². The molecule has 21 heavy (non-hydrogen) atoms. The van der Waals surface area contributed by atoms with Crippen LogP contribution >= 0.6 is 23.2 Å². The van der Waals surface area contributed by atoms with E-state index in [0.29, 0.717) is 0 Å². The van der Waals surface area contributed by atoms with Gasteiger partial charge < -0.3 is 0 Å². The van der Waals surface area contributed by atoms with E-state index < -0.39 is 20.6 Å². The summed E-state index contributed by atoms with van der Waals surface area (Å²) >= 11 is 11.5.